The Morgan fingerprint density at radius 3 is 2.44 bits per heavy atom. The molecule has 3 N–H and O–H groups in total. The normalized spacial score (nSPS) is 14.3. The molecular formula is C24H24N6O3S. The van der Waals surface area contributed by atoms with Gasteiger partial charge in [0.15, 0.2) is 21.3 Å². The van der Waals surface area contributed by atoms with Gasteiger partial charge in [0, 0.05) is 30.1 Å². The number of nitrogen functional groups attached to an aromatic ring is 1. The number of aromatic nitrogens is 4. The number of hydrogen-bond acceptors (Lipinski definition) is 9. The Bertz CT molecular complexity index is 1440. The molecule has 9 nitrogen and oxygen atoms in total. The molecular weight excluding hydrogens is 452 g/mol. The van der Waals surface area contributed by atoms with Crippen LogP contribution in [0.25, 0.3) is 34.3 Å². The predicted octanol–water partition coefficient (Wildman–Crippen LogP) is 3.31. The summed E-state index contributed by atoms with van der Waals surface area (Å²) in [4.78, 5) is 9.07. The largest absolute Gasteiger partial charge is 0.414 e. The van der Waals surface area contributed by atoms with Crippen molar-refractivity contribution in [2.45, 2.75) is 29.9 Å². The predicted molar refractivity (Wildman–Crippen MR) is 129 cm³/mol. The fourth-order valence-corrected chi connectivity index (χ4v) is 4.73. The highest BCUT2D eigenvalue weighted by atomic mass is 32.2. The zero-order valence-electron chi connectivity index (χ0n) is 18.8. The molecule has 0 bridgehead atoms. The van der Waals surface area contributed by atoms with Gasteiger partial charge >= 0.3 is 0 Å². The molecule has 1 saturated heterocycles. The number of nitrogens with one attached hydrogen (secondary N) is 1. The van der Waals surface area contributed by atoms with E-state index in [1.165, 1.54) is 11.8 Å². The van der Waals surface area contributed by atoms with E-state index in [1.54, 1.807) is 38.1 Å². The van der Waals surface area contributed by atoms with Gasteiger partial charge in [0.25, 0.3) is 5.89 Å². The first-order valence-electron chi connectivity index (χ1n) is 10.9. The molecule has 1 fully saturated rings. The Morgan fingerprint density at radius 2 is 1.76 bits per heavy atom. The Hall–Kier alpha value is -3.63. The maximum atomic E-state index is 12.4. The molecule has 4 aromatic rings. The van der Waals surface area contributed by atoms with Crippen molar-refractivity contribution < 1.29 is 12.8 Å². The van der Waals surface area contributed by atoms with Gasteiger partial charge in [-0.1, -0.05) is 24.3 Å². The molecule has 5 rings (SSSR count). The molecule has 34 heavy (non-hydrogen) atoms. The number of benzene rings is 2. The highest BCUT2D eigenvalue weighted by Crippen LogP contribution is 2.30. The van der Waals surface area contributed by atoms with Gasteiger partial charge < -0.3 is 15.5 Å². The summed E-state index contributed by atoms with van der Waals surface area (Å²) in [6, 6.07) is 14.6. The van der Waals surface area contributed by atoms with Gasteiger partial charge in [0.1, 0.15) is 0 Å². The van der Waals surface area contributed by atoms with Crippen molar-refractivity contribution >= 4 is 15.7 Å². The van der Waals surface area contributed by atoms with Gasteiger partial charge in [-0.15, -0.1) is 10.2 Å². The van der Waals surface area contributed by atoms with Gasteiger partial charge in [-0.2, -0.15) is 0 Å². The maximum Gasteiger partial charge on any atom is 0.270 e. The lowest BCUT2D eigenvalue weighted by Crippen LogP contribution is -2.39. The number of sulfone groups is 1. The molecule has 0 saturated carbocycles. The average Bonchev–Trinajstić information content (AvgIpc) is 3.29. The number of hydrogen-bond donors (Lipinski definition) is 2. The summed E-state index contributed by atoms with van der Waals surface area (Å²) in [5, 5.41) is 11.1. The van der Waals surface area contributed by atoms with E-state index in [4.69, 9.17) is 10.2 Å². The van der Waals surface area contributed by atoms with Crippen molar-refractivity contribution in [1.82, 2.24) is 25.5 Å². The molecule has 1 aliphatic rings. The topological polar surface area (TPSA) is 137 Å². The molecule has 0 aliphatic carbocycles. The Kier molecular flexibility index (Phi) is 5.62. The molecule has 174 valence electrons. The van der Waals surface area contributed by atoms with Gasteiger partial charge in [0.05, 0.1) is 22.0 Å². The molecule has 0 atom stereocenters. The van der Waals surface area contributed by atoms with Crippen molar-refractivity contribution in [2.75, 3.05) is 18.8 Å². The second-order valence-electron chi connectivity index (χ2n) is 8.50. The number of nitrogens with zero attached hydrogens (tertiary/aromatic N) is 4. The van der Waals surface area contributed by atoms with E-state index in [9.17, 15) is 8.42 Å². The Morgan fingerprint density at radius 1 is 1.03 bits per heavy atom. The fraction of sp³-hybridized carbons (Fsp3) is 0.250. The molecule has 0 unspecified atom stereocenters. The molecule has 3 heterocycles. The van der Waals surface area contributed by atoms with Crippen molar-refractivity contribution in [3.63, 3.8) is 0 Å². The van der Waals surface area contributed by atoms with Crippen molar-refractivity contribution in [3.05, 3.63) is 60.3 Å². The van der Waals surface area contributed by atoms with Crippen LogP contribution in [0.3, 0.4) is 0 Å². The van der Waals surface area contributed by atoms with E-state index >= 15 is 0 Å². The first kappa shape index (κ1) is 22.2. The quantitative estimate of drug-likeness (QED) is 0.429. The average molecular weight is 477 g/mol. The lowest BCUT2D eigenvalue weighted by molar-refractivity contribution is 0.448. The standard InChI is InChI=1S/C24H24N6O3S/c1-14(2)34(31,32)19-8-6-15(7-9-19)20-13-27-22(25)21(28-20)24-30-29-23(33-24)17-5-3-4-16(10-17)18-11-26-12-18/h3-10,13-14,18,26H,11-12H2,1-2H3,(H2,25,27). The van der Waals surface area contributed by atoms with E-state index < -0.39 is 15.1 Å². The van der Waals surface area contributed by atoms with Crippen LogP contribution in [-0.2, 0) is 9.84 Å². The van der Waals surface area contributed by atoms with Crippen molar-refractivity contribution in [3.8, 4) is 34.3 Å². The third kappa shape index (κ3) is 4.06. The summed E-state index contributed by atoms with van der Waals surface area (Å²) < 4.78 is 30.7. The zero-order chi connectivity index (χ0) is 23.9. The van der Waals surface area contributed by atoms with E-state index in [1.807, 2.05) is 12.1 Å². The van der Waals surface area contributed by atoms with Gasteiger partial charge in [0.2, 0.25) is 5.89 Å². The zero-order valence-corrected chi connectivity index (χ0v) is 19.6. The van der Waals surface area contributed by atoms with Crippen molar-refractivity contribution in [2.24, 2.45) is 0 Å². The summed E-state index contributed by atoms with van der Waals surface area (Å²) in [6.45, 7) is 5.23. The highest BCUT2D eigenvalue weighted by Gasteiger charge is 2.22. The third-order valence-electron chi connectivity index (χ3n) is 5.91. The van der Waals surface area contributed by atoms with E-state index in [-0.39, 0.29) is 22.3 Å². The molecule has 0 radical (unpaired) electrons. The summed E-state index contributed by atoms with van der Waals surface area (Å²) in [6.07, 6.45) is 1.53. The number of rotatable bonds is 6. The van der Waals surface area contributed by atoms with Gasteiger partial charge in [-0.25, -0.2) is 18.4 Å². The highest BCUT2D eigenvalue weighted by molar-refractivity contribution is 7.92. The van der Waals surface area contributed by atoms with Crippen LogP contribution in [0.5, 0.6) is 0 Å². The van der Waals surface area contributed by atoms with E-state index in [0.29, 0.717) is 23.1 Å². The molecule has 2 aromatic carbocycles. The van der Waals surface area contributed by atoms with Crippen LogP contribution in [0.1, 0.15) is 25.3 Å². The molecule has 10 heteroatoms. The summed E-state index contributed by atoms with van der Waals surface area (Å²) in [5.41, 5.74) is 9.59. The smallest absolute Gasteiger partial charge is 0.270 e. The molecule has 0 amide bonds. The minimum atomic E-state index is -3.36. The minimum Gasteiger partial charge on any atom is -0.414 e. The monoisotopic (exact) mass is 476 g/mol. The van der Waals surface area contributed by atoms with Crippen LogP contribution in [-0.4, -0.2) is 46.9 Å². The van der Waals surface area contributed by atoms with Crippen LogP contribution in [0.15, 0.2) is 64.0 Å². The molecule has 1 aliphatic heterocycles. The Labute approximate surface area is 197 Å². The van der Waals surface area contributed by atoms with Gasteiger partial charge in [-0.3, -0.25) is 0 Å². The summed E-state index contributed by atoms with van der Waals surface area (Å²) >= 11 is 0. The Balaban J connectivity index is 1.45. The van der Waals surface area contributed by atoms with E-state index in [0.717, 1.165) is 18.7 Å². The van der Waals surface area contributed by atoms with Crippen LogP contribution in [0.4, 0.5) is 5.82 Å². The minimum absolute atomic E-state index is 0.159. The van der Waals surface area contributed by atoms with Crippen LogP contribution in [0.2, 0.25) is 0 Å². The molecule has 0 spiro atoms. The lowest BCUT2D eigenvalue weighted by atomic mass is 9.92. The first-order chi connectivity index (χ1) is 16.3. The van der Waals surface area contributed by atoms with Crippen LogP contribution in [0, 0.1) is 0 Å². The second kappa shape index (κ2) is 8.62. The fourth-order valence-electron chi connectivity index (χ4n) is 3.67. The SMILES string of the molecule is CC(C)S(=O)(=O)c1ccc(-c2cnc(N)c(-c3nnc(-c4cccc(C5CNC5)c4)o3)n2)cc1. The maximum absolute atomic E-state index is 12.4. The first-order valence-corrected chi connectivity index (χ1v) is 12.5. The van der Waals surface area contributed by atoms with Crippen LogP contribution < -0.4 is 11.1 Å². The second-order valence-corrected chi connectivity index (χ2v) is 11.0. The van der Waals surface area contributed by atoms with E-state index in [2.05, 4.69) is 37.6 Å². The third-order valence-corrected chi connectivity index (χ3v) is 8.08. The van der Waals surface area contributed by atoms with Gasteiger partial charge in [-0.05, 0) is 43.7 Å². The summed E-state index contributed by atoms with van der Waals surface area (Å²) in [5.74, 6) is 1.19. The number of nitrogens with two attached hydrogens (primary N) is 1. The summed E-state index contributed by atoms with van der Waals surface area (Å²) in [7, 11) is -3.36. The van der Waals surface area contributed by atoms with Crippen molar-refractivity contribution in [1.29, 1.82) is 0 Å². The number of anilines is 1. The van der Waals surface area contributed by atoms with Crippen LogP contribution >= 0.6 is 0 Å². The lowest BCUT2D eigenvalue weighted by Gasteiger charge is -2.27. The molecule has 2 aromatic heterocycles.